The first-order valence-electron chi connectivity index (χ1n) is 10.3. The Bertz CT molecular complexity index is 1010. The van der Waals surface area contributed by atoms with Gasteiger partial charge in [0, 0.05) is 23.2 Å². The quantitative estimate of drug-likeness (QED) is 0.138. The maximum absolute atomic E-state index is 12.4. The van der Waals surface area contributed by atoms with Crippen molar-refractivity contribution >= 4 is 41.7 Å². The Hall–Kier alpha value is -3.30. The maximum Gasteiger partial charge on any atom is 0.257 e. The minimum absolute atomic E-state index is 0.0512. The molecular weight excluding hydrogens is 470 g/mol. The summed E-state index contributed by atoms with van der Waals surface area (Å²) < 4.78 is 16.4. The van der Waals surface area contributed by atoms with Crippen LogP contribution in [0.4, 0.5) is 0 Å². The van der Waals surface area contributed by atoms with E-state index in [1.165, 1.54) is 0 Å². The molecule has 0 aliphatic heterocycles. The Morgan fingerprint density at radius 2 is 1.79 bits per heavy atom. The molecule has 0 aromatic heterocycles. The summed E-state index contributed by atoms with van der Waals surface area (Å²) in [6.45, 7) is 14.3. The van der Waals surface area contributed by atoms with Crippen molar-refractivity contribution < 1.29 is 19.0 Å². The summed E-state index contributed by atoms with van der Waals surface area (Å²) in [7, 11) is 0. The van der Waals surface area contributed by atoms with Crippen molar-refractivity contribution in [1.82, 2.24) is 10.7 Å². The highest BCUT2D eigenvalue weighted by molar-refractivity contribution is 7.98. The van der Waals surface area contributed by atoms with Crippen molar-refractivity contribution in [3.8, 4) is 17.2 Å². The molecule has 0 atom stereocenters. The molecule has 2 rings (SSSR count). The van der Waals surface area contributed by atoms with Gasteiger partial charge in [-0.2, -0.15) is 5.10 Å². The van der Waals surface area contributed by atoms with E-state index in [2.05, 4.69) is 29.1 Å². The van der Waals surface area contributed by atoms with E-state index in [1.807, 2.05) is 57.4 Å². The van der Waals surface area contributed by atoms with E-state index in [-0.39, 0.29) is 11.2 Å². The summed E-state index contributed by atoms with van der Waals surface area (Å²) in [4.78, 5) is 13.6. The van der Waals surface area contributed by atoms with Gasteiger partial charge >= 0.3 is 0 Å². The minimum atomic E-state index is -0.409. The Morgan fingerprint density at radius 1 is 1.15 bits per heavy atom. The van der Waals surface area contributed by atoms with Crippen LogP contribution in [0.1, 0.15) is 38.1 Å². The van der Waals surface area contributed by atoms with Gasteiger partial charge in [0.2, 0.25) is 0 Å². The molecule has 0 heterocycles. The van der Waals surface area contributed by atoms with Crippen LogP contribution in [0.3, 0.4) is 0 Å². The highest BCUT2D eigenvalue weighted by Crippen LogP contribution is 2.29. The summed E-state index contributed by atoms with van der Waals surface area (Å²) >= 11 is 6.60. The van der Waals surface area contributed by atoms with Crippen LogP contribution in [0.5, 0.6) is 17.2 Å². The molecule has 0 spiro atoms. The smallest absolute Gasteiger partial charge is 0.257 e. The number of rotatable bonds is 9. The molecule has 182 valence electrons. The van der Waals surface area contributed by atoms with Crippen molar-refractivity contribution in [2.45, 2.75) is 38.7 Å². The molecule has 0 bridgehead atoms. The number of hydrazone groups is 1. The number of carbonyl (C=O) groups is 1. The second kappa shape index (κ2) is 15.5. The third kappa shape index (κ3) is 11.5. The number of thiocarbonyl (C=S) groups is 1. The molecule has 2 N–H and O–H groups in total. The van der Waals surface area contributed by atoms with Crippen LogP contribution < -0.4 is 20.2 Å². The highest BCUT2D eigenvalue weighted by Gasteiger charge is 2.13. The SMILES string of the molecule is C=C(C)O/C=C\C.C=NNC(=S)NC(=O)c1cc(Oc2ccc(SC)cc2)cc(OC(C)C)c1. The first-order chi connectivity index (χ1) is 16.2. The molecule has 0 fully saturated rings. The van der Waals surface area contributed by atoms with Crippen molar-refractivity contribution in [3.63, 3.8) is 0 Å². The second-order valence-electron chi connectivity index (χ2n) is 6.98. The molecule has 0 aliphatic carbocycles. The van der Waals surface area contributed by atoms with Crippen LogP contribution in [0.2, 0.25) is 0 Å². The zero-order chi connectivity index (χ0) is 25.5. The molecular formula is C25H31N3O4S2. The number of nitrogens with zero attached hydrogens (tertiary/aromatic N) is 1. The summed E-state index contributed by atoms with van der Waals surface area (Å²) in [5.41, 5.74) is 2.75. The third-order valence-corrected chi connectivity index (χ3v) is 4.56. The van der Waals surface area contributed by atoms with Crippen LogP contribution >= 0.6 is 24.0 Å². The van der Waals surface area contributed by atoms with E-state index < -0.39 is 5.91 Å². The molecule has 7 nitrogen and oxygen atoms in total. The highest BCUT2D eigenvalue weighted by atomic mass is 32.2. The fraction of sp³-hybridized carbons (Fsp3) is 0.240. The fourth-order valence-electron chi connectivity index (χ4n) is 2.34. The van der Waals surface area contributed by atoms with E-state index in [0.717, 1.165) is 10.7 Å². The molecule has 0 unspecified atom stereocenters. The van der Waals surface area contributed by atoms with E-state index in [1.54, 1.807) is 43.1 Å². The topological polar surface area (TPSA) is 81.2 Å². The molecule has 2 aromatic rings. The number of hydrogen-bond donors (Lipinski definition) is 2. The lowest BCUT2D eigenvalue weighted by atomic mass is 10.2. The van der Waals surface area contributed by atoms with Crippen LogP contribution in [0.25, 0.3) is 0 Å². The number of allylic oxidation sites excluding steroid dienone is 2. The van der Waals surface area contributed by atoms with Gasteiger partial charge in [0.15, 0.2) is 5.11 Å². The van der Waals surface area contributed by atoms with Crippen LogP contribution in [0.15, 0.2) is 77.1 Å². The van der Waals surface area contributed by atoms with Crippen molar-refractivity contribution in [2.24, 2.45) is 5.10 Å². The standard InChI is InChI=1S/C19H21N3O3S2.C6H10O/c1-12(2)24-15-9-13(18(23)21-19(26)22-20-3)10-16(11-15)25-14-5-7-17(27-4)8-6-14;1-4-5-7-6(2)3/h5-12H,3H2,1-2,4H3,(H2,21,22,23,26);4-5H,2H2,1,3H3/b;5-4-. The fourth-order valence-corrected chi connectivity index (χ4v) is 2.91. The van der Waals surface area contributed by atoms with Gasteiger partial charge < -0.3 is 14.2 Å². The van der Waals surface area contributed by atoms with Gasteiger partial charge in [-0.1, -0.05) is 12.7 Å². The van der Waals surface area contributed by atoms with Crippen LogP contribution in [-0.4, -0.2) is 30.1 Å². The van der Waals surface area contributed by atoms with Crippen molar-refractivity contribution in [2.75, 3.05) is 6.26 Å². The molecule has 34 heavy (non-hydrogen) atoms. The zero-order valence-corrected chi connectivity index (χ0v) is 21.7. The van der Waals surface area contributed by atoms with Gasteiger partial charge in [-0.05, 0) is 82.6 Å². The lowest BCUT2D eigenvalue weighted by Gasteiger charge is -2.14. The average molecular weight is 502 g/mol. The molecule has 0 saturated heterocycles. The number of thioether (sulfide) groups is 1. The molecule has 0 saturated carbocycles. The predicted molar refractivity (Wildman–Crippen MR) is 144 cm³/mol. The Morgan fingerprint density at radius 3 is 2.29 bits per heavy atom. The Balaban J connectivity index is 0.000000718. The molecule has 1 amide bonds. The zero-order valence-electron chi connectivity index (χ0n) is 20.1. The lowest BCUT2D eigenvalue weighted by Crippen LogP contribution is -2.36. The monoisotopic (exact) mass is 501 g/mol. The second-order valence-corrected chi connectivity index (χ2v) is 8.27. The summed E-state index contributed by atoms with van der Waals surface area (Å²) in [6, 6.07) is 12.7. The summed E-state index contributed by atoms with van der Waals surface area (Å²) in [5.74, 6) is 1.98. The molecule has 0 aliphatic rings. The van der Waals surface area contributed by atoms with Crippen LogP contribution in [-0.2, 0) is 4.74 Å². The van der Waals surface area contributed by atoms with Gasteiger partial charge in [-0.25, -0.2) is 0 Å². The maximum atomic E-state index is 12.4. The largest absolute Gasteiger partial charge is 0.491 e. The lowest BCUT2D eigenvalue weighted by molar-refractivity contribution is 0.0975. The van der Waals surface area contributed by atoms with Gasteiger partial charge in [0.25, 0.3) is 5.91 Å². The number of carbonyl (C=O) groups excluding carboxylic acids is 1. The predicted octanol–water partition coefficient (Wildman–Crippen LogP) is 6.28. The molecule has 2 aromatic carbocycles. The minimum Gasteiger partial charge on any atom is -0.491 e. The van der Waals surface area contributed by atoms with Crippen LogP contribution in [0, 0.1) is 0 Å². The van der Waals surface area contributed by atoms with Gasteiger partial charge in [0.05, 0.1) is 18.1 Å². The first kappa shape index (κ1) is 28.7. The normalized spacial score (nSPS) is 10.1. The van der Waals surface area contributed by atoms with E-state index in [4.69, 9.17) is 26.4 Å². The van der Waals surface area contributed by atoms with Gasteiger partial charge in [-0.15, -0.1) is 11.8 Å². The first-order valence-corrected chi connectivity index (χ1v) is 12.0. The number of nitrogens with one attached hydrogen (secondary N) is 2. The summed E-state index contributed by atoms with van der Waals surface area (Å²) in [5, 5.41) is 5.99. The number of hydrogen-bond acceptors (Lipinski definition) is 7. The Kier molecular flexibility index (Phi) is 13.1. The number of benzene rings is 2. The van der Waals surface area contributed by atoms with E-state index in [0.29, 0.717) is 22.8 Å². The Labute approximate surface area is 211 Å². The number of amides is 1. The van der Waals surface area contributed by atoms with Gasteiger partial charge in [0.1, 0.15) is 17.2 Å². The number of ether oxygens (including phenoxy) is 3. The van der Waals surface area contributed by atoms with Crippen molar-refractivity contribution in [3.05, 3.63) is 72.7 Å². The summed E-state index contributed by atoms with van der Waals surface area (Å²) in [6.07, 6.45) is 5.37. The van der Waals surface area contributed by atoms with E-state index >= 15 is 0 Å². The molecule has 0 radical (unpaired) electrons. The molecule has 9 heteroatoms. The van der Waals surface area contributed by atoms with Crippen molar-refractivity contribution in [1.29, 1.82) is 0 Å². The average Bonchev–Trinajstić information content (AvgIpc) is 2.78. The van der Waals surface area contributed by atoms with E-state index in [9.17, 15) is 4.79 Å². The third-order valence-electron chi connectivity index (χ3n) is 3.62. The van der Waals surface area contributed by atoms with Gasteiger partial charge in [-0.3, -0.25) is 15.5 Å².